The lowest BCUT2D eigenvalue weighted by Gasteiger charge is -2.22. The van der Waals surface area contributed by atoms with Gasteiger partial charge in [-0.1, -0.05) is 38.1 Å². The quantitative estimate of drug-likeness (QED) is 0.733. The van der Waals surface area contributed by atoms with E-state index in [-0.39, 0.29) is 11.8 Å². The lowest BCUT2D eigenvalue weighted by atomic mass is 9.91. The molecule has 0 saturated heterocycles. The van der Waals surface area contributed by atoms with Crippen LogP contribution in [0.25, 0.3) is 0 Å². The molecule has 0 heterocycles. The molecule has 2 aromatic carbocycles. The van der Waals surface area contributed by atoms with Gasteiger partial charge in [-0.2, -0.15) is 0 Å². The number of carbonyl (C=O) groups is 2. The number of nitrogens with one attached hydrogen (secondary N) is 2. The van der Waals surface area contributed by atoms with E-state index in [0.717, 1.165) is 25.0 Å². The topological polar surface area (TPSA) is 67.4 Å². The first-order valence-electron chi connectivity index (χ1n) is 10.4. The number of fused-ring (bicyclic) bond motifs is 1. The van der Waals surface area contributed by atoms with Gasteiger partial charge in [-0.25, -0.2) is 0 Å². The van der Waals surface area contributed by atoms with Crippen LogP contribution in [-0.4, -0.2) is 24.5 Å². The van der Waals surface area contributed by atoms with Gasteiger partial charge in [0.05, 0.1) is 11.3 Å². The normalized spacial score (nSPS) is 14.1. The molecule has 1 atom stereocenters. The van der Waals surface area contributed by atoms with E-state index in [2.05, 4.69) is 16.7 Å². The Bertz CT molecular complexity index is 876. The van der Waals surface area contributed by atoms with E-state index < -0.39 is 6.10 Å². The van der Waals surface area contributed by atoms with Gasteiger partial charge >= 0.3 is 0 Å². The van der Waals surface area contributed by atoms with Crippen molar-refractivity contribution in [1.82, 2.24) is 5.32 Å². The second-order valence-corrected chi connectivity index (χ2v) is 8.00. The molecule has 5 nitrogen and oxygen atoms in total. The van der Waals surface area contributed by atoms with Gasteiger partial charge in [0.15, 0.2) is 6.10 Å². The fraction of sp³-hybridized carbons (Fsp3) is 0.417. The molecule has 0 aliphatic heterocycles. The lowest BCUT2D eigenvalue weighted by Crippen LogP contribution is -2.32. The summed E-state index contributed by atoms with van der Waals surface area (Å²) in [5, 5.41) is 5.75. The third-order valence-electron chi connectivity index (χ3n) is 5.13. The van der Waals surface area contributed by atoms with Crippen molar-refractivity contribution in [2.24, 2.45) is 5.92 Å². The van der Waals surface area contributed by atoms with Gasteiger partial charge in [-0.15, -0.1) is 0 Å². The highest BCUT2D eigenvalue weighted by Gasteiger charge is 2.21. The van der Waals surface area contributed by atoms with Gasteiger partial charge in [0, 0.05) is 6.54 Å². The maximum absolute atomic E-state index is 12.8. The largest absolute Gasteiger partial charge is 0.481 e. The van der Waals surface area contributed by atoms with Crippen LogP contribution in [0.5, 0.6) is 5.75 Å². The smallest absolute Gasteiger partial charge is 0.265 e. The number of amides is 2. The molecule has 0 bridgehead atoms. The van der Waals surface area contributed by atoms with Crippen LogP contribution >= 0.6 is 0 Å². The van der Waals surface area contributed by atoms with E-state index in [9.17, 15) is 9.59 Å². The van der Waals surface area contributed by atoms with Crippen LogP contribution in [-0.2, 0) is 17.6 Å². The molecule has 0 unspecified atom stereocenters. The number of ether oxygens (including phenoxy) is 1. The Kier molecular flexibility index (Phi) is 6.91. The standard InChI is InChI=1S/C24H30N2O3/c1-16(2)15-25-24(28)20-12-6-7-13-21(20)26-23(27)17(3)29-22-14-8-10-18-9-4-5-11-19(18)22/h6-8,10,12-14,16-17H,4-5,9,11,15H2,1-3H3,(H,25,28)(H,26,27)/t17-/m0/s1. The number of carbonyl (C=O) groups excluding carboxylic acids is 2. The van der Waals surface area contributed by atoms with E-state index in [0.29, 0.717) is 23.7 Å². The fourth-order valence-corrected chi connectivity index (χ4v) is 3.52. The highest BCUT2D eigenvalue weighted by atomic mass is 16.5. The molecule has 2 amide bonds. The third kappa shape index (κ3) is 5.37. The van der Waals surface area contributed by atoms with Crippen LogP contribution in [0, 0.1) is 5.92 Å². The minimum Gasteiger partial charge on any atom is -0.481 e. The summed E-state index contributed by atoms with van der Waals surface area (Å²) >= 11 is 0. The van der Waals surface area contributed by atoms with Crippen LogP contribution in [0.2, 0.25) is 0 Å². The van der Waals surface area contributed by atoms with Gasteiger partial charge < -0.3 is 15.4 Å². The van der Waals surface area contributed by atoms with Gasteiger partial charge in [0.1, 0.15) is 5.75 Å². The van der Waals surface area contributed by atoms with Gasteiger partial charge in [-0.05, 0) is 67.9 Å². The number of aryl methyl sites for hydroxylation is 1. The molecule has 0 radical (unpaired) electrons. The molecule has 0 saturated carbocycles. The molecule has 3 rings (SSSR count). The molecule has 2 aromatic rings. The zero-order valence-corrected chi connectivity index (χ0v) is 17.5. The molecule has 0 fully saturated rings. The van der Waals surface area contributed by atoms with Gasteiger partial charge in [0.25, 0.3) is 11.8 Å². The Morgan fingerprint density at radius 3 is 2.55 bits per heavy atom. The molecule has 2 N–H and O–H groups in total. The summed E-state index contributed by atoms with van der Waals surface area (Å²) in [6.45, 7) is 6.39. The highest BCUT2D eigenvalue weighted by molar-refractivity contribution is 6.04. The van der Waals surface area contributed by atoms with Crippen LogP contribution in [0.1, 0.15) is 55.1 Å². The number of benzene rings is 2. The Balaban J connectivity index is 1.69. The van der Waals surface area contributed by atoms with Gasteiger partial charge in [-0.3, -0.25) is 9.59 Å². The SMILES string of the molecule is CC(C)CNC(=O)c1ccccc1NC(=O)[C@H](C)Oc1cccc2c1CCCC2. The van der Waals surface area contributed by atoms with E-state index >= 15 is 0 Å². The summed E-state index contributed by atoms with van der Waals surface area (Å²) in [6, 6.07) is 13.1. The monoisotopic (exact) mass is 394 g/mol. The summed E-state index contributed by atoms with van der Waals surface area (Å²) < 4.78 is 6.01. The van der Waals surface area contributed by atoms with Gasteiger partial charge in [0.2, 0.25) is 0 Å². The fourth-order valence-electron chi connectivity index (χ4n) is 3.52. The zero-order valence-electron chi connectivity index (χ0n) is 17.5. The minimum atomic E-state index is -0.671. The summed E-state index contributed by atoms with van der Waals surface area (Å²) in [5.41, 5.74) is 3.47. The Morgan fingerprint density at radius 2 is 1.76 bits per heavy atom. The predicted molar refractivity (Wildman–Crippen MR) is 115 cm³/mol. The molecule has 0 aromatic heterocycles. The molecular weight excluding hydrogens is 364 g/mol. The van der Waals surface area contributed by atoms with E-state index in [1.165, 1.54) is 17.5 Å². The maximum Gasteiger partial charge on any atom is 0.265 e. The van der Waals surface area contributed by atoms with E-state index in [1.807, 2.05) is 26.0 Å². The van der Waals surface area contributed by atoms with E-state index in [1.54, 1.807) is 31.2 Å². The Morgan fingerprint density at radius 1 is 1.00 bits per heavy atom. The first-order valence-corrected chi connectivity index (χ1v) is 10.4. The van der Waals surface area contributed by atoms with Crippen molar-refractivity contribution in [1.29, 1.82) is 0 Å². The van der Waals surface area contributed by atoms with Crippen molar-refractivity contribution in [2.75, 3.05) is 11.9 Å². The molecule has 0 spiro atoms. The molecule has 5 heteroatoms. The van der Waals surface area contributed by atoms with E-state index in [4.69, 9.17) is 4.74 Å². The lowest BCUT2D eigenvalue weighted by molar-refractivity contribution is -0.122. The minimum absolute atomic E-state index is 0.194. The van der Waals surface area contributed by atoms with Crippen LogP contribution in [0.4, 0.5) is 5.69 Å². The average Bonchev–Trinajstić information content (AvgIpc) is 2.72. The van der Waals surface area contributed by atoms with Crippen LogP contribution < -0.4 is 15.4 Å². The number of hydrogen-bond donors (Lipinski definition) is 2. The summed E-state index contributed by atoms with van der Waals surface area (Å²) in [7, 11) is 0. The average molecular weight is 395 g/mol. The number of para-hydroxylation sites is 1. The Labute approximate surface area is 172 Å². The highest BCUT2D eigenvalue weighted by Crippen LogP contribution is 2.30. The summed E-state index contributed by atoms with van der Waals surface area (Å²) in [6.07, 6.45) is 3.72. The third-order valence-corrected chi connectivity index (χ3v) is 5.13. The number of hydrogen-bond acceptors (Lipinski definition) is 3. The van der Waals surface area contributed by atoms with Crippen molar-refractivity contribution < 1.29 is 14.3 Å². The number of anilines is 1. The van der Waals surface area contributed by atoms with Crippen molar-refractivity contribution in [2.45, 2.75) is 52.6 Å². The molecular formula is C24H30N2O3. The van der Waals surface area contributed by atoms with Crippen molar-refractivity contribution in [3.05, 3.63) is 59.2 Å². The summed E-state index contributed by atoms with van der Waals surface area (Å²) in [5.74, 6) is 0.668. The second kappa shape index (κ2) is 9.59. The molecule has 1 aliphatic rings. The second-order valence-electron chi connectivity index (χ2n) is 8.00. The predicted octanol–water partition coefficient (Wildman–Crippen LogP) is 4.36. The van der Waals surface area contributed by atoms with Crippen LogP contribution in [0.15, 0.2) is 42.5 Å². The van der Waals surface area contributed by atoms with Crippen molar-refractivity contribution in [3.8, 4) is 5.75 Å². The Hall–Kier alpha value is -2.82. The maximum atomic E-state index is 12.8. The molecule has 154 valence electrons. The van der Waals surface area contributed by atoms with Crippen molar-refractivity contribution in [3.63, 3.8) is 0 Å². The number of rotatable bonds is 7. The van der Waals surface area contributed by atoms with Crippen LogP contribution in [0.3, 0.4) is 0 Å². The molecule has 1 aliphatic carbocycles. The summed E-state index contributed by atoms with van der Waals surface area (Å²) in [4.78, 5) is 25.2. The first-order chi connectivity index (χ1) is 14.0. The zero-order chi connectivity index (χ0) is 20.8. The first kappa shape index (κ1) is 20.9. The molecule has 29 heavy (non-hydrogen) atoms. The van der Waals surface area contributed by atoms with Crippen molar-refractivity contribution >= 4 is 17.5 Å².